The highest BCUT2D eigenvalue weighted by Gasteiger charge is 2.29. The quantitative estimate of drug-likeness (QED) is 0.268. The van der Waals surface area contributed by atoms with Crippen LogP contribution in [0.3, 0.4) is 0 Å². The first-order valence-corrected chi connectivity index (χ1v) is 11.3. The molecule has 1 aliphatic carbocycles. The minimum absolute atomic E-state index is 0.169. The van der Waals surface area contributed by atoms with E-state index in [9.17, 15) is 24.3 Å². The van der Waals surface area contributed by atoms with Crippen LogP contribution in [0.15, 0.2) is 35.4 Å². The molecule has 2 heterocycles. The van der Waals surface area contributed by atoms with E-state index in [1.165, 1.54) is 6.20 Å². The van der Waals surface area contributed by atoms with Gasteiger partial charge in [-0.1, -0.05) is 6.07 Å². The van der Waals surface area contributed by atoms with E-state index < -0.39 is 35.5 Å². The topological polar surface area (TPSA) is 199 Å². The number of nitrogens with one attached hydrogen (secondary N) is 1. The summed E-state index contributed by atoms with van der Waals surface area (Å²) >= 11 is 0. The lowest BCUT2D eigenvalue weighted by Gasteiger charge is -2.17. The van der Waals surface area contributed by atoms with Gasteiger partial charge in [-0.15, -0.1) is 0 Å². The molecular formula is C25H27N3O9. The number of aromatic carboxylic acids is 1. The average molecular weight is 514 g/mol. The van der Waals surface area contributed by atoms with Crippen molar-refractivity contribution in [2.24, 2.45) is 0 Å². The van der Waals surface area contributed by atoms with Crippen LogP contribution in [0.4, 0.5) is 5.82 Å². The van der Waals surface area contributed by atoms with Gasteiger partial charge in [0.25, 0.3) is 0 Å². The Kier molecular flexibility index (Phi) is 7.94. The van der Waals surface area contributed by atoms with Crippen LogP contribution in [0, 0.1) is 13.8 Å². The highest BCUT2D eigenvalue weighted by Crippen LogP contribution is 2.39. The maximum Gasteiger partial charge on any atom is 0.341 e. The molecule has 2 aromatic heterocycles. The number of aliphatic carboxylic acids is 2. The number of nitrogens with zero attached hydrogens (tertiary/aromatic N) is 2. The zero-order chi connectivity index (χ0) is 27.6. The number of rotatable bonds is 7. The second kappa shape index (κ2) is 10.8. The van der Waals surface area contributed by atoms with Gasteiger partial charge in [0.2, 0.25) is 5.43 Å². The van der Waals surface area contributed by atoms with Gasteiger partial charge in [0.1, 0.15) is 11.4 Å². The van der Waals surface area contributed by atoms with Gasteiger partial charge in [0.15, 0.2) is 12.2 Å². The maximum absolute atomic E-state index is 12.7. The summed E-state index contributed by atoms with van der Waals surface area (Å²) in [5, 5.41) is 45.5. The third-order valence-corrected chi connectivity index (χ3v) is 6.05. The first-order chi connectivity index (χ1) is 17.4. The Balaban J connectivity index is 0.000000325. The van der Waals surface area contributed by atoms with Gasteiger partial charge >= 0.3 is 17.9 Å². The number of aliphatic hydroxyl groups excluding tert-OH is 2. The predicted octanol–water partition coefficient (Wildman–Crippen LogP) is 1.63. The molecule has 4 rings (SSSR count). The minimum Gasteiger partial charge on any atom is -0.479 e. The largest absolute Gasteiger partial charge is 0.479 e. The van der Waals surface area contributed by atoms with Crippen molar-refractivity contribution >= 4 is 34.6 Å². The van der Waals surface area contributed by atoms with Crippen molar-refractivity contribution < 1.29 is 39.9 Å². The maximum atomic E-state index is 12.7. The van der Waals surface area contributed by atoms with Gasteiger partial charge in [0.05, 0.1) is 5.52 Å². The zero-order valence-electron chi connectivity index (χ0n) is 20.3. The summed E-state index contributed by atoms with van der Waals surface area (Å²) in [5.74, 6) is -3.89. The van der Waals surface area contributed by atoms with E-state index in [0.29, 0.717) is 5.39 Å². The molecule has 0 radical (unpaired) electrons. The SMILES string of the molecule is CNc1ncc(-c2ccc3c(=O)c(C(=O)O)cn(C4CC4)c3c2C)cc1C.O=C(O)C(O)C(O)C(=O)O. The van der Waals surface area contributed by atoms with Gasteiger partial charge in [-0.2, -0.15) is 0 Å². The van der Waals surface area contributed by atoms with Gasteiger partial charge in [-0.05, 0) is 55.5 Å². The summed E-state index contributed by atoms with van der Waals surface area (Å²) in [4.78, 5) is 48.2. The number of anilines is 1. The Morgan fingerprint density at radius 3 is 2.11 bits per heavy atom. The monoisotopic (exact) mass is 513 g/mol. The summed E-state index contributed by atoms with van der Waals surface area (Å²) in [6, 6.07) is 5.95. The van der Waals surface area contributed by atoms with E-state index >= 15 is 0 Å². The fraction of sp³-hybridized carbons (Fsp3) is 0.320. The Hall–Kier alpha value is -4.29. The van der Waals surface area contributed by atoms with Crippen LogP contribution in [0.25, 0.3) is 22.0 Å². The third-order valence-electron chi connectivity index (χ3n) is 6.05. The number of benzene rings is 1. The number of carbonyl (C=O) groups is 3. The molecule has 196 valence electrons. The molecule has 12 heteroatoms. The first-order valence-electron chi connectivity index (χ1n) is 11.3. The molecule has 1 aliphatic rings. The van der Waals surface area contributed by atoms with Crippen LogP contribution in [0.1, 0.15) is 40.4 Å². The molecule has 1 fully saturated rings. The fourth-order valence-corrected chi connectivity index (χ4v) is 3.98. The number of aryl methyl sites for hydroxylation is 2. The van der Waals surface area contributed by atoms with Gasteiger partial charge in [0, 0.05) is 36.4 Å². The van der Waals surface area contributed by atoms with Crippen molar-refractivity contribution in [1.82, 2.24) is 9.55 Å². The van der Waals surface area contributed by atoms with Crippen LogP contribution in [0.2, 0.25) is 0 Å². The molecule has 1 saturated carbocycles. The molecule has 37 heavy (non-hydrogen) atoms. The summed E-state index contributed by atoms with van der Waals surface area (Å²) in [7, 11) is 1.84. The summed E-state index contributed by atoms with van der Waals surface area (Å²) in [5.41, 5.74) is 4.20. The standard InChI is InChI=1S/C21H21N3O3.C4H6O6/c1-11-8-13(9-23-20(11)22-3)15-6-7-16-18(12(15)2)24(14-4-5-14)10-17(19(16)25)21(26)27;5-1(3(7)8)2(6)4(9)10/h6-10,14H,4-5H2,1-3H3,(H,22,23)(H,26,27);1-2,5-6H,(H,7,8)(H,9,10). The zero-order valence-corrected chi connectivity index (χ0v) is 20.3. The lowest BCUT2D eigenvalue weighted by Crippen LogP contribution is -2.39. The molecule has 0 aliphatic heterocycles. The molecule has 0 bridgehead atoms. The molecule has 2 atom stereocenters. The summed E-state index contributed by atoms with van der Waals surface area (Å²) < 4.78 is 1.97. The Bertz CT molecular complexity index is 1430. The van der Waals surface area contributed by atoms with E-state index in [-0.39, 0.29) is 11.6 Å². The number of carboxylic acids is 3. The van der Waals surface area contributed by atoms with Crippen LogP contribution in [-0.4, -0.2) is 72.2 Å². The molecule has 3 aromatic rings. The lowest BCUT2D eigenvalue weighted by molar-refractivity contribution is -0.165. The van der Waals surface area contributed by atoms with Crippen LogP contribution in [0.5, 0.6) is 0 Å². The molecule has 12 nitrogen and oxygen atoms in total. The number of fused-ring (bicyclic) bond motifs is 1. The van der Waals surface area contributed by atoms with E-state index in [2.05, 4.69) is 16.4 Å². The molecule has 1 aromatic carbocycles. The highest BCUT2D eigenvalue weighted by molar-refractivity contribution is 5.95. The Morgan fingerprint density at radius 2 is 1.65 bits per heavy atom. The van der Waals surface area contributed by atoms with Crippen molar-refractivity contribution in [2.75, 3.05) is 12.4 Å². The summed E-state index contributed by atoms with van der Waals surface area (Å²) in [6.07, 6.45) is 0.791. The van der Waals surface area contributed by atoms with E-state index in [1.807, 2.05) is 37.7 Å². The number of carboxylic acid groups (broad SMARTS) is 3. The second-order valence-electron chi connectivity index (χ2n) is 8.66. The molecule has 2 unspecified atom stereocenters. The van der Waals surface area contributed by atoms with Crippen LogP contribution >= 0.6 is 0 Å². The van der Waals surface area contributed by atoms with Gasteiger partial charge in [-0.25, -0.2) is 19.4 Å². The average Bonchev–Trinajstić information content (AvgIpc) is 3.69. The Morgan fingerprint density at radius 1 is 1.05 bits per heavy atom. The van der Waals surface area contributed by atoms with Gasteiger partial charge in [-0.3, -0.25) is 4.79 Å². The number of pyridine rings is 2. The predicted molar refractivity (Wildman–Crippen MR) is 133 cm³/mol. The lowest BCUT2D eigenvalue weighted by atomic mass is 9.97. The van der Waals surface area contributed by atoms with E-state index in [1.54, 1.807) is 6.07 Å². The first kappa shape index (κ1) is 27.3. The van der Waals surface area contributed by atoms with Crippen molar-refractivity contribution in [2.45, 2.75) is 44.9 Å². The van der Waals surface area contributed by atoms with Crippen LogP contribution < -0.4 is 10.7 Å². The fourth-order valence-electron chi connectivity index (χ4n) is 3.98. The Labute approximate surface area is 210 Å². The number of aromatic nitrogens is 2. The molecule has 0 amide bonds. The highest BCUT2D eigenvalue weighted by atomic mass is 16.4. The summed E-state index contributed by atoms with van der Waals surface area (Å²) in [6.45, 7) is 3.98. The molecule has 6 N–H and O–H groups in total. The minimum atomic E-state index is -2.27. The third kappa shape index (κ3) is 5.60. The number of aliphatic hydroxyl groups is 2. The smallest absolute Gasteiger partial charge is 0.341 e. The molecule has 0 spiro atoms. The van der Waals surface area contributed by atoms with Crippen molar-refractivity contribution in [1.29, 1.82) is 0 Å². The number of hydrogen-bond donors (Lipinski definition) is 6. The van der Waals surface area contributed by atoms with Crippen LogP contribution in [-0.2, 0) is 9.59 Å². The number of hydrogen-bond acceptors (Lipinski definition) is 8. The van der Waals surface area contributed by atoms with Crippen molar-refractivity contribution in [3.63, 3.8) is 0 Å². The molecule has 0 saturated heterocycles. The van der Waals surface area contributed by atoms with E-state index in [4.69, 9.17) is 20.4 Å². The van der Waals surface area contributed by atoms with Crippen molar-refractivity contribution in [3.05, 3.63) is 57.5 Å². The van der Waals surface area contributed by atoms with E-state index in [0.717, 1.165) is 46.4 Å². The van der Waals surface area contributed by atoms with Crippen molar-refractivity contribution in [3.8, 4) is 11.1 Å². The second-order valence-corrected chi connectivity index (χ2v) is 8.66. The normalized spacial score (nSPS) is 14.3. The molecular weight excluding hydrogens is 486 g/mol. The van der Waals surface area contributed by atoms with Gasteiger partial charge < -0.3 is 35.4 Å².